The first-order chi connectivity index (χ1) is 9.72. The van der Waals surface area contributed by atoms with Gasteiger partial charge in [0.05, 0.1) is 4.88 Å². The summed E-state index contributed by atoms with van der Waals surface area (Å²) in [5.74, 6) is 0.871. The molecule has 0 unspecified atom stereocenters. The Morgan fingerprint density at radius 2 is 2.05 bits per heavy atom. The van der Waals surface area contributed by atoms with E-state index in [9.17, 15) is 0 Å². The van der Waals surface area contributed by atoms with Crippen molar-refractivity contribution in [3.8, 4) is 10.7 Å². The summed E-state index contributed by atoms with van der Waals surface area (Å²) in [5.41, 5.74) is 0.967. The molecule has 20 heavy (non-hydrogen) atoms. The summed E-state index contributed by atoms with van der Waals surface area (Å²) in [7, 11) is 0. The fourth-order valence-electron chi connectivity index (χ4n) is 1.59. The largest absolute Gasteiger partial charge is 0.333 e. The predicted octanol–water partition coefficient (Wildman–Crippen LogP) is 5.30. The van der Waals surface area contributed by atoms with Crippen molar-refractivity contribution in [3.05, 3.63) is 57.7 Å². The van der Waals surface area contributed by atoms with Crippen molar-refractivity contribution < 1.29 is 4.52 Å². The lowest BCUT2D eigenvalue weighted by molar-refractivity contribution is 0.410. The molecule has 0 aliphatic heterocycles. The van der Waals surface area contributed by atoms with Gasteiger partial charge >= 0.3 is 0 Å². The summed E-state index contributed by atoms with van der Waals surface area (Å²) in [6.07, 6.45) is 1.79. The van der Waals surface area contributed by atoms with Crippen molar-refractivity contribution in [3.63, 3.8) is 0 Å². The van der Waals surface area contributed by atoms with Crippen molar-refractivity contribution in [2.24, 2.45) is 0 Å². The number of thiophene rings is 1. The monoisotopic (exact) mass is 366 g/mol. The molecular formula is C14H8BrClN2OS. The Bertz CT molecular complexity index is 735. The standard InChI is InChI=1S/C14H8BrClN2OS/c15-10-5-3-9(4-6-10)8-11(16)14-17-13(18-19-14)12-2-1-7-20-12/h1-8H/b11-8-. The van der Waals surface area contributed by atoms with Crippen LogP contribution < -0.4 is 0 Å². The molecular weight excluding hydrogens is 360 g/mol. The van der Waals surface area contributed by atoms with Crippen LogP contribution in [0, 0.1) is 0 Å². The fraction of sp³-hybridized carbons (Fsp3) is 0. The lowest BCUT2D eigenvalue weighted by Crippen LogP contribution is -1.79. The van der Waals surface area contributed by atoms with Crippen LogP contribution in [0.5, 0.6) is 0 Å². The smallest absolute Gasteiger partial charge is 0.269 e. The van der Waals surface area contributed by atoms with Gasteiger partial charge in [0.2, 0.25) is 5.82 Å². The molecule has 0 bridgehead atoms. The number of aromatic nitrogens is 2. The highest BCUT2D eigenvalue weighted by Crippen LogP contribution is 2.26. The first kappa shape index (κ1) is 13.5. The summed E-state index contributed by atoms with van der Waals surface area (Å²) in [4.78, 5) is 5.24. The number of hydrogen-bond donors (Lipinski definition) is 0. The van der Waals surface area contributed by atoms with Gasteiger partial charge in [0.25, 0.3) is 5.89 Å². The van der Waals surface area contributed by atoms with Crippen LogP contribution in [0.15, 0.2) is 50.8 Å². The number of halogens is 2. The van der Waals surface area contributed by atoms with E-state index in [-0.39, 0.29) is 0 Å². The van der Waals surface area contributed by atoms with Crippen LogP contribution >= 0.6 is 38.9 Å². The van der Waals surface area contributed by atoms with Crippen LogP contribution in [0.4, 0.5) is 0 Å². The minimum Gasteiger partial charge on any atom is -0.333 e. The quantitative estimate of drug-likeness (QED) is 0.630. The van der Waals surface area contributed by atoms with Crippen LogP contribution in [0.1, 0.15) is 11.5 Å². The summed E-state index contributed by atoms with van der Waals surface area (Å²) < 4.78 is 6.20. The van der Waals surface area contributed by atoms with Crippen LogP contribution in [0.25, 0.3) is 21.8 Å². The predicted molar refractivity (Wildman–Crippen MR) is 85.5 cm³/mol. The second-order valence-corrected chi connectivity index (χ2v) is 6.21. The van der Waals surface area contributed by atoms with E-state index in [4.69, 9.17) is 16.1 Å². The molecule has 6 heteroatoms. The van der Waals surface area contributed by atoms with Gasteiger partial charge in [-0.1, -0.05) is 50.9 Å². The molecule has 3 rings (SSSR count). The molecule has 0 aliphatic rings. The first-order valence-corrected chi connectivity index (χ1v) is 7.78. The summed E-state index contributed by atoms with van der Waals surface area (Å²) in [6.45, 7) is 0. The van der Waals surface area contributed by atoms with Gasteiger partial charge in [-0.05, 0) is 35.2 Å². The molecule has 0 aliphatic carbocycles. The Labute approximate surface area is 133 Å². The van der Waals surface area contributed by atoms with E-state index in [1.54, 1.807) is 17.4 Å². The van der Waals surface area contributed by atoms with E-state index in [1.165, 1.54) is 0 Å². The zero-order valence-electron chi connectivity index (χ0n) is 10.1. The first-order valence-electron chi connectivity index (χ1n) is 5.73. The molecule has 2 heterocycles. The Morgan fingerprint density at radius 1 is 1.25 bits per heavy atom. The van der Waals surface area contributed by atoms with Gasteiger partial charge in [-0.3, -0.25) is 0 Å². The highest BCUT2D eigenvalue weighted by Gasteiger charge is 2.11. The van der Waals surface area contributed by atoms with Gasteiger partial charge in [0.1, 0.15) is 5.03 Å². The number of benzene rings is 1. The Kier molecular flexibility index (Phi) is 4.00. The molecule has 3 aromatic rings. The molecule has 2 aromatic heterocycles. The third kappa shape index (κ3) is 3.00. The van der Waals surface area contributed by atoms with Crippen molar-refractivity contribution in [2.75, 3.05) is 0 Å². The second-order valence-electron chi connectivity index (χ2n) is 3.94. The van der Waals surface area contributed by atoms with Crippen molar-refractivity contribution in [2.45, 2.75) is 0 Å². The maximum atomic E-state index is 6.21. The molecule has 0 fully saturated rings. The minimum atomic E-state index is 0.318. The average Bonchev–Trinajstić information content (AvgIpc) is 3.11. The third-order valence-electron chi connectivity index (χ3n) is 2.54. The van der Waals surface area contributed by atoms with E-state index in [0.29, 0.717) is 16.7 Å². The molecule has 0 saturated carbocycles. The van der Waals surface area contributed by atoms with Gasteiger partial charge in [-0.15, -0.1) is 11.3 Å². The SMILES string of the molecule is Cl/C(=C\c1ccc(Br)cc1)c1nc(-c2cccs2)no1. The van der Waals surface area contributed by atoms with Gasteiger partial charge in [0.15, 0.2) is 0 Å². The summed E-state index contributed by atoms with van der Waals surface area (Å²) in [5, 5.41) is 6.31. The molecule has 0 saturated heterocycles. The Balaban J connectivity index is 1.87. The van der Waals surface area contributed by atoms with E-state index < -0.39 is 0 Å². The average molecular weight is 368 g/mol. The van der Waals surface area contributed by atoms with Crippen LogP contribution in [-0.4, -0.2) is 10.1 Å². The zero-order valence-corrected chi connectivity index (χ0v) is 13.2. The third-order valence-corrected chi connectivity index (χ3v) is 4.20. The highest BCUT2D eigenvalue weighted by molar-refractivity contribution is 9.10. The molecule has 0 spiro atoms. The minimum absolute atomic E-state index is 0.318. The van der Waals surface area contributed by atoms with Gasteiger partial charge in [-0.25, -0.2) is 0 Å². The van der Waals surface area contributed by atoms with E-state index in [2.05, 4.69) is 26.1 Å². The van der Waals surface area contributed by atoms with Gasteiger partial charge in [-0.2, -0.15) is 4.98 Å². The fourth-order valence-corrected chi connectivity index (χ4v) is 2.71. The Hall–Kier alpha value is -1.43. The molecule has 100 valence electrons. The summed E-state index contributed by atoms with van der Waals surface area (Å²) in [6, 6.07) is 11.7. The topological polar surface area (TPSA) is 38.9 Å². The summed E-state index contributed by atoms with van der Waals surface area (Å²) >= 11 is 11.2. The molecule has 3 nitrogen and oxygen atoms in total. The van der Waals surface area contributed by atoms with Crippen LogP contribution in [-0.2, 0) is 0 Å². The van der Waals surface area contributed by atoms with Crippen molar-refractivity contribution in [1.29, 1.82) is 0 Å². The van der Waals surface area contributed by atoms with Crippen molar-refractivity contribution >= 4 is 50.0 Å². The van der Waals surface area contributed by atoms with E-state index in [1.807, 2.05) is 41.8 Å². The lowest BCUT2D eigenvalue weighted by atomic mass is 10.2. The number of hydrogen-bond acceptors (Lipinski definition) is 4. The molecule has 0 atom stereocenters. The maximum absolute atomic E-state index is 6.21. The molecule has 0 N–H and O–H groups in total. The van der Waals surface area contributed by atoms with E-state index in [0.717, 1.165) is 14.9 Å². The van der Waals surface area contributed by atoms with Crippen LogP contribution in [0.2, 0.25) is 0 Å². The number of rotatable bonds is 3. The van der Waals surface area contributed by atoms with Gasteiger partial charge in [0, 0.05) is 4.47 Å². The van der Waals surface area contributed by atoms with Crippen LogP contribution in [0.3, 0.4) is 0 Å². The lowest BCUT2D eigenvalue weighted by Gasteiger charge is -1.94. The molecule has 1 aromatic carbocycles. The molecule has 0 amide bonds. The zero-order chi connectivity index (χ0) is 13.9. The van der Waals surface area contributed by atoms with Crippen molar-refractivity contribution in [1.82, 2.24) is 10.1 Å². The molecule has 0 radical (unpaired) electrons. The van der Waals surface area contributed by atoms with E-state index >= 15 is 0 Å². The highest BCUT2D eigenvalue weighted by atomic mass is 79.9. The number of nitrogens with zero attached hydrogens (tertiary/aromatic N) is 2. The van der Waals surface area contributed by atoms with Gasteiger partial charge < -0.3 is 4.52 Å². The normalized spacial score (nSPS) is 11.8. The Morgan fingerprint density at radius 3 is 2.75 bits per heavy atom. The second kappa shape index (κ2) is 5.91. The maximum Gasteiger partial charge on any atom is 0.269 e.